The van der Waals surface area contributed by atoms with Crippen molar-refractivity contribution in [2.45, 2.75) is 37.5 Å². The van der Waals surface area contributed by atoms with Crippen molar-refractivity contribution in [3.8, 4) is 0 Å². The fourth-order valence-electron chi connectivity index (χ4n) is 7.51. The number of benzene rings is 6. The zero-order valence-corrected chi connectivity index (χ0v) is 27.1. The molecule has 2 atom stereocenters. The molecular formula is C42H36P2. The van der Waals surface area contributed by atoms with Gasteiger partial charge in [0.1, 0.15) is 0 Å². The summed E-state index contributed by atoms with van der Waals surface area (Å²) in [5.41, 5.74) is 6.16. The summed E-state index contributed by atoms with van der Waals surface area (Å²) in [6.07, 6.45) is 1.23. The zero-order valence-electron chi connectivity index (χ0n) is 25.3. The zero-order chi connectivity index (χ0) is 29.7. The Labute approximate surface area is 264 Å². The third kappa shape index (κ3) is 4.68. The fraction of sp³-hybridized carbons (Fsp3) is 0.143. The summed E-state index contributed by atoms with van der Waals surface area (Å²) in [4.78, 5) is 0. The average Bonchev–Trinajstić information content (AvgIpc) is 3.88. The first-order valence-electron chi connectivity index (χ1n) is 15.7. The number of fused-ring (bicyclic) bond motifs is 5. The highest BCUT2D eigenvalue weighted by Crippen LogP contribution is 2.62. The molecule has 0 amide bonds. The number of rotatable bonds is 6. The lowest BCUT2D eigenvalue weighted by Gasteiger charge is -2.33. The van der Waals surface area contributed by atoms with Crippen molar-refractivity contribution in [3.63, 3.8) is 0 Å². The van der Waals surface area contributed by atoms with Crippen LogP contribution in [-0.2, 0) is 5.41 Å². The van der Waals surface area contributed by atoms with Gasteiger partial charge in [0.05, 0.1) is 0 Å². The number of hydrogen-bond donors (Lipinski definition) is 0. The van der Waals surface area contributed by atoms with E-state index in [1.807, 2.05) is 0 Å². The molecular weight excluding hydrogens is 566 g/mol. The predicted octanol–water partition coefficient (Wildman–Crippen LogP) is 8.11. The van der Waals surface area contributed by atoms with Gasteiger partial charge in [-0.3, -0.25) is 0 Å². The topological polar surface area (TPSA) is 0 Å². The summed E-state index contributed by atoms with van der Waals surface area (Å²) in [7, 11) is -1.36. The molecule has 0 aromatic heterocycles. The molecule has 214 valence electrons. The Hall–Kier alpha value is -3.82. The maximum Gasteiger partial charge on any atom is 0.0152 e. The first-order valence-corrected chi connectivity index (χ1v) is 18.4. The molecule has 0 saturated heterocycles. The van der Waals surface area contributed by atoms with Gasteiger partial charge in [0.2, 0.25) is 0 Å². The van der Waals surface area contributed by atoms with Crippen LogP contribution in [0.3, 0.4) is 0 Å². The van der Waals surface area contributed by atoms with Crippen molar-refractivity contribution in [2.75, 3.05) is 0 Å². The highest BCUT2D eigenvalue weighted by Gasteiger charge is 2.51. The minimum Gasteiger partial charge on any atom is -0.0622 e. The van der Waals surface area contributed by atoms with E-state index in [-0.39, 0.29) is 5.41 Å². The second kappa shape index (κ2) is 11.3. The fourth-order valence-corrected chi connectivity index (χ4v) is 12.6. The lowest BCUT2D eigenvalue weighted by molar-refractivity contribution is 0.633. The van der Waals surface area contributed by atoms with Crippen molar-refractivity contribution in [1.29, 1.82) is 0 Å². The van der Waals surface area contributed by atoms with Crippen LogP contribution in [-0.4, -0.2) is 0 Å². The Morgan fingerprint density at radius 3 is 1.05 bits per heavy atom. The molecule has 1 fully saturated rings. The molecule has 0 nitrogen and oxygen atoms in total. The van der Waals surface area contributed by atoms with Gasteiger partial charge in [-0.25, -0.2) is 0 Å². The van der Waals surface area contributed by atoms with Crippen molar-refractivity contribution < 1.29 is 0 Å². The van der Waals surface area contributed by atoms with E-state index in [4.69, 9.17) is 0 Å². The maximum absolute atomic E-state index is 2.48. The van der Waals surface area contributed by atoms with Crippen LogP contribution in [0.5, 0.6) is 0 Å². The van der Waals surface area contributed by atoms with E-state index in [1.165, 1.54) is 38.8 Å². The van der Waals surface area contributed by atoms with E-state index in [2.05, 4.69) is 172 Å². The van der Waals surface area contributed by atoms with Gasteiger partial charge in [0.25, 0.3) is 0 Å². The van der Waals surface area contributed by atoms with Crippen LogP contribution < -0.4 is 31.8 Å². The largest absolute Gasteiger partial charge is 0.0622 e. The van der Waals surface area contributed by atoms with Crippen molar-refractivity contribution in [1.82, 2.24) is 0 Å². The van der Waals surface area contributed by atoms with Gasteiger partial charge in [-0.2, -0.15) is 0 Å². The molecule has 44 heavy (non-hydrogen) atoms. The van der Waals surface area contributed by atoms with Crippen molar-refractivity contribution >= 4 is 47.7 Å². The van der Waals surface area contributed by atoms with Gasteiger partial charge in [0, 0.05) is 5.41 Å². The number of hydrogen-bond acceptors (Lipinski definition) is 0. The molecule has 0 bridgehead atoms. The molecule has 6 aromatic carbocycles. The molecule has 1 saturated carbocycles. The Morgan fingerprint density at radius 2 is 0.727 bits per heavy atom. The summed E-state index contributed by atoms with van der Waals surface area (Å²) >= 11 is 0. The molecule has 0 radical (unpaired) electrons. The first-order chi connectivity index (χ1) is 21.6. The van der Waals surface area contributed by atoms with Gasteiger partial charge >= 0.3 is 0 Å². The molecule has 6 aromatic rings. The van der Waals surface area contributed by atoms with Crippen molar-refractivity contribution in [3.05, 3.63) is 180 Å². The Kier molecular flexibility index (Phi) is 7.10. The van der Waals surface area contributed by atoms with Gasteiger partial charge in [0.15, 0.2) is 0 Å². The smallest absolute Gasteiger partial charge is 0.0152 e. The summed E-state index contributed by atoms with van der Waals surface area (Å²) in [5.74, 6) is 1.09. The van der Waals surface area contributed by atoms with Crippen LogP contribution in [0.15, 0.2) is 158 Å². The second-order valence-corrected chi connectivity index (χ2v) is 16.9. The standard InChI is InChI=1S/C42H36P2/c1-42(2)36-25-15-27-38(43(30-17-7-3-8-18-30)31-19-9-4-10-20-31)40(36)34-29-35(34)41-37(42)26-16-28-39(41)44(32-21-11-5-12-22-32)33-23-13-6-14-24-33/h3-28,34-35H,29H2,1-2H3. The molecule has 0 N–H and O–H groups in total. The van der Waals surface area contributed by atoms with Crippen LogP contribution in [0.25, 0.3) is 0 Å². The molecule has 2 heteroatoms. The summed E-state index contributed by atoms with van der Waals surface area (Å²) in [6.45, 7) is 4.95. The predicted molar refractivity (Wildman–Crippen MR) is 193 cm³/mol. The van der Waals surface area contributed by atoms with Crippen LogP contribution in [0, 0.1) is 0 Å². The summed E-state index contributed by atoms with van der Waals surface area (Å²) in [6, 6.07) is 59.4. The van der Waals surface area contributed by atoms with Gasteiger partial charge in [-0.1, -0.05) is 172 Å². The van der Waals surface area contributed by atoms with E-state index in [0.29, 0.717) is 11.8 Å². The van der Waals surface area contributed by atoms with E-state index in [0.717, 1.165) is 0 Å². The normalized spacial score (nSPS) is 17.8. The third-order valence-corrected chi connectivity index (χ3v) is 14.6. The van der Waals surface area contributed by atoms with Gasteiger partial charge in [-0.05, 0) is 88.2 Å². The van der Waals surface area contributed by atoms with E-state index in [1.54, 1.807) is 21.7 Å². The van der Waals surface area contributed by atoms with Crippen LogP contribution in [0.4, 0.5) is 0 Å². The minimum absolute atomic E-state index is 0.104. The molecule has 2 aliphatic carbocycles. The average molecular weight is 603 g/mol. The lowest BCUT2D eigenvalue weighted by Crippen LogP contribution is -2.29. The third-order valence-electron chi connectivity index (χ3n) is 9.58. The second-order valence-electron chi connectivity index (χ2n) is 12.6. The monoisotopic (exact) mass is 602 g/mol. The van der Waals surface area contributed by atoms with Crippen LogP contribution in [0.1, 0.15) is 54.4 Å². The Bertz CT molecular complexity index is 1690. The highest BCUT2D eigenvalue weighted by atomic mass is 31.1. The molecule has 2 aliphatic rings. The lowest BCUT2D eigenvalue weighted by atomic mass is 9.75. The van der Waals surface area contributed by atoms with Gasteiger partial charge < -0.3 is 0 Å². The maximum atomic E-state index is 2.48. The van der Waals surface area contributed by atoms with Crippen molar-refractivity contribution in [2.24, 2.45) is 0 Å². The molecule has 2 unspecified atom stereocenters. The Balaban J connectivity index is 1.34. The van der Waals surface area contributed by atoms with E-state index in [9.17, 15) is 0 Å². The molecule has 0 aliphatic heterocycles. The first kappa shape index (κ1) is 27.7. The van der Waals surface area contributed by atoms with E-state index >= 15 is 0 Å². The molecule has 0 heterocycles. The van der Waals surface area contributed by atoms with E-state index < -0.39 is 15.8 Å². The SMILES string of the molecule is CC1(C)c2cccc(P(c3ccccc3)c3ccccc3)c2C2CC2c2c(P(c3ccccc3)c3ccccc3)cccc21. The molecule has 8 rings (SSSR count). The molecule has 0 spiro atoms. The van der Waals surface area contributed by atoms with Gasteiger partial charge in [-0.15, -0.1) is 0 Å². The van der Waals surface area contributed by atoms with Crippen LogP contribution >= 0.6 is 15.8 Å². The highest BCUT2D eigenvalue weighted by molar-refractivity contribution is 7.80. The summed E-state index contributed by atoms with van der Waals surface area (Å²) in [5, 5.41) is 8.79. The quantitative estimate of drug-likeness (QED) is 0.169. The minimum atomic E-state index is -0.678. The Morgan fingerprint density at radius 1 is 0.409 bits per heavy atom. The van der Waals surface area contributed by atoms with Crippen LogP contribution in [0.2, 0.25) is 0 Å². The summed E-state index contributed by atoms with van der Waals surface area (Å²) < 4.78 is 0.